The van der Waals surface area contributed by atoms with E-state index < -0.39 is 6.04 Å². The molecule has 0 aliphatic heterocycles. The normalized spacial score (nSPS) is 12.0. The van der Waals surface area contributed by atoms with E-state index in [1.165, 1.54) is 0 Å². The average molecular weight is 382 g/mol. The number of carbonyl (C=O) groups excluding carboxylic acids is 3. The number of rotatable bonds is 16. The topological polar surface area (TPSA) is 87.3 Å². The van der Waals surface area contributed by atoms with Gasteiger partial charge in [-0.1, -0.05) is 52.2 Å². The Kier molecular flexibility index (Phi) is 16.4. The van der Waals surface area contributed by atoms with Crippen LogP contribution in [-0.4, -0.2) is 36.9 Å². The summed E-state index contributed by atoms with van der Waals surface area (Å²) >= 11 is 0. The number of hydrogen-bond donors (Lipinski definition) is 3. The summed E-state index contributed by atoms with van der Waals surface area (Å²) in [7, 11) is 0. The molecule has 6 nitrogen and oxygen atoms in total. The Morgan fingerprint density at radius 1 is 0.778 bits per heavy atom. The molecule has 0 aromatic rings. The zero-order valence-electron chi connectivity index (χ0n) is 17.4. The summed E-state index contributed by atoms with van der Waals surface area (Å²) in [6, 6.07) is -0.661. The summed E-state index contributed by atoms with van der Waals surface area (Å²) in [5, 5.41) is 8.49. The maximum Gasteiger partial charge on any atom is 0.242 e. The molecule has 6 heteroatoms. The van der Waals surface area contributed by atoms with Crippen LogP contribution in [0.5, 0.6) is 0 Å². The molecule has 1 atom stereocenters. The van der Waals surface area contributed by atoms with Gasteiger partial charge in [0.15, 0.2) is 0 Å². The molecule has 0 aromatic carbocycles. The number of nitrogens with one attached hydrogen (secondary N) is 3. The van der Waals surface area contributed by atoms with Crippen LogP contribution >= 0.6 is 0 Å². The van der Waals surface area contributed by atoms with Gasteiger partial charge in [-0.3, -0.25) is 14.4 Å². The molecule has 0 aliphatic rings. The minimum atomic E-state index is -0.661. The van der Waals surface area contributed by atoms with E-state index in [1.807, 2.05) is 6.08 Å². The molecule has 0 heterocycles. The van der Waals surface area contributed by atoms with Gasteiger partial charge in [-0.15, -0.1) is 0 Å². The van der Waals surface area contributed by atoms with Crippen molar-refractivity contribution >= 4 is 17.7 Å². The lowest BCUT2D eigenvalue weighted by Crippen LogP contribution is -2.47. The van der Waals surface area contributed by atoms with Crippen LogP contribution in [0.1, 0.15) is 85.0 Å². The Hall–Kier alpha value is -1.85. The van der Waals surface area contributed by atoms with Gasteiger partial charge in [0.2, 0.25) is 17.7 Å². The minimum Gasteiger partial charge on any atom is -0.356 e. The van der Waals surface area contributed by atoms with Gasteiger partial charge < -0.3 is 16.0 Å². The van der Waals surface area contributed by atoms with Crippen LogP contribution in [0.2, 0.25) is 0 Å². The zero-order chi connectivity index (χ0) is 20.3. The molecule has 0 bridgehead atoms. The molecule has 0 saturated carbocycles. The first-order valence-corrected chi connectivity index (χ1v) is 10.5. The van der Waals surface area contributed by atoms with Gasteiger partial charge in [0.05, 0.1) is 0 Å². The molecule has 0 aromatic heterocycles. The van der Waals surface area contributed by atoms with E-state index in [1.54, 1.807) is 0 Å². The first-order valence-electron chi connectivity index (χ1n) is 10.5. The molecule has 27 heavy (non-hydrogen) atoms. The third-order valence-electron chi connectivity index (χ3n) is 4.15. The molecule has 0 unspecified atom stereocenters. The van der Waals surface area contributed by atoms with Crippen LogP contribution in [0.4, 0.5) is 0 Å². The SMILES string of the molecule is CCC/C=C/CCC(=O)N[C@@H](CCC(=O)NCCCC)C(=O)NCCCC. The Bertz CT molecular complexity index is 450. The maximum atomic E-state index is 12.4. The Morgan fingerprint density at radius 2 is 1.41 bits per heavy atom. The van der Waals surface area contributed by atoms with Crippen molar-refractivity contribution in [1.82, 2.24) is 16.0 Å². The highest BCUT2D eigenvalue weighted by atomic mass is 16.2. The maximum absolute atomic E-state index is 12.4. The molecular weight excluding hydrogens is 342 g/mol. The van der Waals surface area contributed by atoms with E-state index in [-0.39, 0.29) is 24.1 Å². The van der Waals surface area contributed by atoms with E-state index >= 15 is 0 Å². The van der Waals surface area contributed by atoms with Gasteiger partial charge in [0, 0.05) is 25.9 Å². The highest BCUT2D eigenvalue weighted by Gasteiger charge is 2.21. The van der Waals surface area contributed by atoms with Gasteiger partial charge >= 0.3 is 0 Å². The van der Waals surface area contributed by atoms with Gasteiger partial charge in [0.25, 0.3) is 0 Å². The van der Waals surface area contributed by atoms with Gasteiger partial charge in [-0.2, -0.15) is 0 Å². The van der Waals surface area contributed by atoms with Crippen molar-refractivity contribution in [2.75, 3.05) is 13.1 Å². The quantitative estimate of drug-likeness (QED) is 0.283. The van der Waals surface area contributed by atoms with Crippen LogP contribution in [-0.2, 0) is 14.4 Å². The molecule has 3 amide bonds. The lowest BCUT2D eigenvalue weighted by atomic mass is 10.1. The second-order valence-electron chi connectivity index (χ2n) is 6.81. The minimum absolute atomic E-state index is 0.0773. The van der Waals surface area contributed by atoms with Crippen LogP contribution in [0, 0.1) is 0 Å². The summed E-state index contributed by atoms with van der Waals surface area (Å²) < 4.78 is 0. The summed E-state index contributed by atoms with van der Waals surface area (Å²) in [4.78, 5) is 36.4. The van der Waals surface area contributed by atoms with Crippen molar-refractivity contribution in [3.05, 3.63) is 12.2 Å². The summed E-state index contributed by atoms with van der Waals surface area (Å²) in [5.41, 5.74) is 0. The molecular formula is C21H39N3O3. The van der Waals surface area contributed by atoms with Crippen molar-refractivity contribution in [1.29, 1.82) is 0 Å². The second-order valence-corrected chi connectivity index (χ2v) is 6.81. The molecule has 156 valence electrons. The first-order chi connectivity index (χ1) is 13.0. The molecule has 0 rings (SSSR count). The second kappa shape index (κ2) is 17.6. The number of amides is 3. The third kappa shape index (κ3) is 15.0. The first kappa shape index (κ1) is 25.1. The van der Waals surface area contributed by atoms with Gasteiger partial charge in [0.1, 0.15) is 6.04 Å². The number of hydrogen-bond acceptors (Lipinski definition) is 3. The predicted molar refractivity (Wildman–Crippen MR) is 110 cm³/mol. The predicted octanol–water partition coefficient (Wildman–Crippen LogP) is 3.22. The highest BCUT2D eigenvalue weighted by molar-refractivity contribution is 5.88. The van der Waals surface area contributed by atoms with Gasteiger partial charge in [-0.05, 0) is 32.1 Å². The number of unbranched alkanes of at least 4 members (excludes halogenated alkanes) is 3. The Labute approximate surface area is 164 Å². The van der Waals surface area contributed by atoms with Crippen LogP contribution < -0.4 is 16.0 Å². The van der Waals surface area contributed by atoms with E-state index in [0.29, 0.717) is 32.4 Å². The van der Waals surface area contributed by atoms with Crippen LogP contribution in [0.15, 0.2) is 12.2 Å². The van der Waals surface area contributed by atoms with Crippen molar-refractivity contribution < 1.29 is 14.4 Å². The number of allylic oxidation sites excluding steroid dienone is 2. The summed E-state index contributed by atoms with van der Waals surface area (Å²) in [6.07, 6.45) is 11.6. The van der Waals surface area contributed by atoms with Crippen molar-refractivity contribution in [2.45, 2.75) is 91.0 Å². The van der Waals surface area contributed by atoms with Crippen LogP contribution in [0.3, 0.4) is 0 Å². The van der Waals surface area contributed by atoms with Crippen molar-refractivity contribution in [2.24, 2.45) is 0 Å². The monoisotopic (exact) mass is 381 g/mol. The van der Waals surface area contributed by atoms with E-state index in [4.69, 9.17) is 0 Å². The fourth-order valence-electron chi connectivity index (χ4n) is 2.43. The smallest absolute Gasteiger partial charge is 0.242 e. The lowest BCUT2D eigenvalue weighted by molar-refractivity contribution is -0.129. The standard InChI is InChI=1S/C21H39N3O3/c1-4-7-10-11-12-13-20(26)24-18(21(27)23-17-9-6-3)14-15-19(25)22-16-8-5-2/h10-11,18H,4-9,12-17H2,1-3H3,(H,22,25)(H,23,27)(H,24,26)/b11-10+/t18-/m0/s1. The highest BCUT2D eigenvalue weighted by Crippen LogP contribution is 2.02. The molecule has 0 spiro atoms. The van der Waals surface area contributed by atoms with E-state index in [0.717, 1.165) is 38.5 Å². The summed E-state index contributed by atoms with van der Waals surface area (Å²) in [6.45, 7) is 7.47. The lowest BCUT2D eigenvalue weighted by Gasteiger charge is -2.18. The zero-order valence-corrected chi connectivity index (χ0v) is 17.4. The third-order valence-corrected chi connectivity index (χ3v) is 4.15. The number of carbonyl (C=O) groups is 3. The van der Waals surface area contributed by atoms with Gasteiger partial charge in [-0.25, -0.2) is 0 Å². The fourth-order valence-corrected chi connectivity index (χ4v) is 2.43. The average Bonchev–Trinajstić information content (AvgIpc) is 2.65. The molecule has 0 radical (unpaired) electrons. The van der Waals surface area contributed by atoms with E-state index in [2.05, 4.69) is 42.8 Å². The Morgan fingerprint density at radius 3 is 2.04 bits per heavy atom. The molecule has 0 saturated heterocycles. The summed E-state index contributed by atoms with van der Waals surface area (Å²) in [5.74, 6) is -0.440. The van der Waals surface area contributed by atoms with Crippen LogP contribution in [0.25, 0.3) is 0 Å². The molecule has 0 aliphatic carbocycles. The van der Waals surface area contributed by atoms with Crippen molar-refractivity contribution in [3.63, 3.8) is 0 Å². The largest absolute Gasteiger partial charge is 0.356 e. The molecule has 3 N–H and O–H groups in total. The van der Waals surface area contributed by atoms with E-state index in [9.17, 15) is 14.4 Å². The Balaban J connectivity index is 4.47. The van der Waals surface area contributed by atoms with Crippen molar-refractivity contribution in [3.8, 4) is 0 Å². The fraction of sp³-hybridized carbons (Fsp3) is 0.762. The molecule has 0 fully saturated rings.